The largest absolute Gasteiger partial charge is 0.354 e. The minimum atomic E-state index is 0.987. The second-order valence-corrected chi connectivity index (χ2v) is 5.25. The number of nitrogens with one attached hydrogen (secondary N) is 2. The maximum atomic E-state index is 3.59. The monoisotopic (exact) mass is 264 g/mol. The number of hydrogen-bond donors (Lipinski definition) is 2. The van der Waals surface area contributed by atoms with E-state index in [9.17, 15) is 0 Å². The van der Waals surface area contributed by atoms with Crippen LogP contribution >= 0.6 is 0 Å². The minimum absolute atomic E-state index is 0.987. The summed E-state index contributed by atoms with van der Waals surface area (Å²) in [6, 6.07) is 17.2. The minimum Gasteiger partial charge on any atom is -0.354 e. The summed E-state index contributed by atoms with van der Waals surface area (Å²) in [4.78, 5) is 3.59. The summed E-state index contributed by atoms with van der Waals surface area (Å²) < 4.78 is 0. The zero-order valence-corrected chi connectivity index (χ0v) is 12.0. The van der Waals surface area contributed by atoms with Crippen molar-refractivity contribution >= 4 is 10.9 Å². The number of benzene rings is 2. The second kappa shape index (κ2) is 5.51. The maximum Gasteiger partial charge on any atom is 0.0497 e. The fourth-order valence-corrected chi connectivity index (χ4v) is 2.76. The summed E-state index contributed by atoms with van der Waals surface area (Å²) in [6.45, 7) is 3.13. The number of hydrogen-bond acceptors (Lipinski definition) is 1. The fraction of sp³-hybridized carbons (Fsp3) is 0.222. The molecule has 0 spiro atoms. The standard InChI is InChI=1S/C18H20N2/c1-13-6-5-7-14(12-13)18-16(10-11-19-2)15-8-3-4-9-17(15)20-18/h3-9,12,19-20H,10-11H2,1-2H3. The summed E-state index contributed by atoms with van der Waals surface area (Å²) in [5, 5.41) is 4.58. The Labute approximate surface area is 119 Å². The van der Waals surface area contributed by atoms with E-state index in [0.717, 1.165) is 13.0 Å². The number of aryl methyl sites for hydroxylation is 1. The topological polar surface area (TPSA) is 27.8 Å². The SMILES string of the molecule is CNCCc1c(-c2cccc(C)c2)[nH]c2ccccc12. The Morgan fingerprint density at radius 1 is 1.05 bits per heavy atom. The third-order valence-electron chi connectivity index (χ3n) is 3.75. The van der Waals surface area contributed by atoms with Crippen molar-refractivity contribution in [3.8, 4) is 11.3 Å². The highest BCUT2D eigenvalue weighted by atomic mass is 14.8. The Bertz CT molecular complexity index is 725. The Morgan fingerprint density at radius 2 is 1.90 bits per heavy atom. The molecular weight excluding hydrogens is 244 g/mol. The fourth-order valence-electron chi connectivity index (χ4n) is 2.76. The molecule has 3 rings (SSSR count). The predicted octanol–water partition coefficient (Wildman–Crippen LogP) is 3.91. The lowest BCUT2D eigenvalue weighted by Crippen LogP contribution is -2.10. The van der Waals surface area contributed by atoms with Crippen LogP contribution in [-0.4, -0.2) is 18.6 Å². The Hall–Kier alpha value is -2.06. The van der Waals surface area contributed by atoms with Crippen LogP contribution < -0.4 is 5.32 Å². The first-order chi connectivity index (χ1) is 9.79. The van der Waals surface area contributed by atoms with E-state index in [1.807, 2.05) is 7.05 Å². The van der Waals surface area contributed by atoms with Crippen molar-refractivity contribution in [2.45, 2.75) is 13.3 Å². The first-order valence-electron chi connectivity index (χ1n) is 7.11. The lowest BCUT2D eigenvalue weighted by Gasteiger charge is -2.06. The summed E-state index contributed by atoms with van der Waals surface area (Å²) >= 11 is 0. The highest BCUT2D eigenvalue weighted by Gasteiger charge is 2.12. The molecule has 0 saturated heterocycles. The Morgan fingerprint density at radius 3 is 2.70 bits per heavy atom. The van der Waals surface area contributed by atoms with Crippen LogP contribution in [0.4, 0.5) is 0 Å². The van der Waals surface area contributed by atoms with Gasteiger partial charge < -0.3 is 10.3 Å². The van der Waals surface area contributed by atoms with Gasteiger partial charge in [-0.05, 0) is 50.2 Å². The molecule has 0 amide bonds. The molecule has 1 aromatic heterocycles. The zero-order chi connectivity index (χ0) is 13.9. The molecule has 102 valence electrons. The maximum absolute atomic E-state index is 3.59. The van der Waals surface area contributed by atoms with E-state index in [-0.39, 0.29) is 0 Å². The summed E-state index contributed by atoms with van der Waals surface area (Å²) in [5.41, 5.74) is 6.44. The van der Waals surface area contributed by atoms with E-state index >= 15 is 0 Å². The van der Waals surface area contributed by atoms with Gasteiger partial charge in [-0.25, -0.2) is 0 Å². The molecule has 0 unspecified atom stereocenters. The summed E-state index contributed by atoms with van der Waals surface area (Å²) in [7, 11) is 2.00. The van der Waals surface area contributed by atoms with Gasteiger partial charge in [-0.3, -0.25) is 0 Å². The van der Waals surface area contributed by atoms with Crippen LogP contribution in [0.5, 0.6) is 0 Å². The third-order valence-corrected chi connectivity index (χ3v) is 3.75. The van der Waals surface area contributed by atoms with E-state index < -0.39 is 0 Å². The highest BCUT2D eigenvalue weighted by molar-refractivity contribution is 5.90. The zero-order valence-electron chi connectivity index (χ0n) is 12.0. The number of fused-ring (bicyclic) bond motifs is 1. The van der Waals surface area contributed by atoms with E-state index in [4.69, 9.17) is 0 Å². The molecule has 0 bridgehead atoms. The first kappa shape index (κ1) is 12.9. The number of likely N-dealkylation sites (N-methyl/N-ethyl adjacent to an activating group) is 1. The van der Waals surface area contributed by atoms with Crippen LogP contribution in [0, 0.1) is 6.92 Å². The molecule has 2 aromatic carbocycles. The molecule has 0 aliphatic heterocycles. The van der Waals surface area contributed by atoms with Gasteiger partial charge in [0.1, 0.15) is 0 Å². The molecule has 0 fully saturated rings. The quantitative estimate of drug-likeness (QED) is 0.734. The Balaban J connectivity index is 2.18. The van der Waals surface area contributed by atoms with Crippen molar-refractivity contribution in [2.75, 3.05) is 13.6 Å². The molecule has 0 atom stereocenters. The molecule has 1 heterocycles. The van der Waals surface area contributed by atoms with Gasteiger partial charge in [0.2, 0.25) is 0 Å². The van der Waals surface area contributed by atoms with Crippen molar-refractivity contribution in [3.05, 3.63) is 59.7 Å². The van der Waals surface area contributed by atoms with Crippen molar-refractivity contribution < 1.29 is 0 Å². The lowest BCUT2D eigenvalue weighted by molar-refractivity contribution is 0.795. The molecule has 0 aliphatic rings. The van der Waals surface area contributed by atoms with Gasteiger partial charge in [0.15, 0.2) is 0 Å². The van der Waals surface area contributed by atoms with E-state index in [2.05, 4.69) is 65.8 Å². The highest BCUT2D eigenvalue weighted by Crippen LogP contribution is 2.30. The van der Waals surface area contributed by atoms with Gasteiger partial charge in [0.05, 0.1) is 0 Å². The van der Waals surface area contributed by atoms with Gasteiger partial charge >= 0.3 is 0 Å². The van der Waals surface area contributed by atoms with Crippen molar-refractivity contribution in [1.29, 1.82) is 0 Å². The lowest BCUT2D eigenvalue weighted by atomic mass is 10.0. The normalized spacial score (nSPS) is 11.1. The molecule has 3 aromatic rings. The van der Waals surface area contributed by atoms with Gasteiger partial charge in [0, 0.05) is 16.6 Å². The second-order valence-electron chi connectivity index (χ2n) is 5.25. The van der Waals surface area contributed by atoms with Crippen LogP contribution in [0.3, 0.4) is 0 Å². The number of para-hydroxylation sites is 1. The smallest absolute Gasteiger partial charge is 0.0497 e. The van der Waals surface area contributed by atoms with Gasteiger partial charge in [0.25, 0.3) is 0 Å². The van der Waals surface area contributed by atoms with Crippen molar-refractivity contribution in [2.24, 2.45) is 0 Å². The third kappa shape index (κ3) is 2.35. The van der Waals surface area contributed by atoms with Crippen molar-refractivity contribution in [1.82, 2.24) is 10.3 Å². The molecule has 2 N–H and O–H groups in total. The molecule has 0 radical (unpaired) electrons. The van der Waals surface area contributed by atoms with Crippen LogP contribution in [0.1, 0.15) is 11.1 Å². The Kier molecular flexibility index (Phi) is 3.57. The first-order valence-corrected chi connectivity index (χ1v) is 7.11. The van der Waals surface area contributed by atoms with E-state index in [0.29, 0.717) is 0 Å². The van der Waals surface area contributed by atoms with Crippen LogP contribution in [0.15, 0.2) is 48.5 Å². The number of rotatable bonds is 4. The molecule has 2 heteroatoms. The van der Waals surface area contributed by atoms with Crippen molar-refractivity contribution in [3.63, 3.8) is 0 Å². The van der Waals surface area contributed by atoms with E-state index in [1.165, 1.54) is 33.3 Å². The average molecular weight is 264 g/mol. The molecule has 20 heavy (non-hydrogen) atoms. The van der Waals surface area contributed by atoms with Crippen LogP contribution in [0.2, 0.25) is 0 Å². The van der Waals surface area contributed by atoms with E-state index in [1.54, 1.807) is 0 Å². The molecule has 2 nitrogen and oxygen atoms in total. The van der Waals surface area contributed by atoms with Gasteiger partial charge in [-0.2, -0.15) is 0 Å². The molecular formula is C18H20N2. The van der Waals surface area contributed by atoms with Gasteiger partial charge in [-0.15, -0.1) is 0 Å². The summed E-state index contributed by atoms with van der Waals surface area (Å²) in [5.74, 6) is 0. The average Bonchev–Trinajstić information content (AvgIpc) is 2.84. The van der Waals surface area contributed by atoms with Crippen LogP contribution in [-0.2, 0) is 6.42 Å². The molecule has 0 saturated carbocycles. The number of H-pyrrole nitrogens is 1. The number of aromatic amines is 1. The molecule has 0 aliphatic carbocycles. The predicted molar refractivity (Wildman–Crippen MR) is 86.1 cm³/mol. The van der Waals surface area contributed by atoms with Crippen LogP contribution in [0.25, 0.3) is 22.2 Å². The van der Waals surface area contributed by atoms with Gasteiger partial charge in [-0.1, -0.05) is 42.0 Å². The summed E-state index contributed by atoms with van der Waals surface area (Å²) in [6.07, 6.45) is 1.03. The number of aromatic nitrogens is 1.